The largest absolute Gasteiger partial charge is 0.327 e. The Bertz CT molecular complexity index is 658. The van der Waals surface area contributed by atoms with E-state index in [0.717, 1.165) is 58.8 Å². The van der Waals surface area contributed by atoms with Crippen LogP contribution in [-0.2, 0) is 0 Å². The molecule has 0 spiro atoms. The van der Waals surface area contributed by atoms with Crippen LogP contribution in [0.2, 0.25) is 0 Å². The van der Waals surface area contributed by atoms with Crippen molar-refractivity contribution in [2.45, 2.75) is 39.5 Å². The number of benzene rings is 2. The van der Waals surface area contributed by atoms with Crippen molar-refractivity contribution in [2.24, 2.45) is 0 Å². The van der Waals surface area contributed by atoms with Gasteiger partial charge in [0.1, 0.15) is 0 Å². The fraction of sp³-hybridized carbons (Fsp3) is 0.364. The van der Waals surface area contributed by atoms with E-state index in [-0.39, 0.29) is 0 Å². The molecular formula is C22H28N2S4. The minimum Gasteiger partial charge on any atom is -0.327 e. The highest BCUT2D eigenvalue weighted by Gasteiger charge is 2.17. The van der Waals surface area contributed by atoms with Crippen LogP contribution >= 0.6 is 46.0 Å². The van der Waals surface area contributed by atoms with Crippen molar-refractivity contribution in [3.05, 3.63) is 60.7 Å². The molecule has 0 atom stereocenters. The molecule has 0 fully saturated rings. The summed E-state index contributed by atoms with van der Waals surface area (Å²) in [5, 5.41) is 0. The van der Waals surface area contributed by atoms with E-state index in [1.165, 1.54) is 0 Å². The highest BCUT2D eigenvalue weighted by Crippen LogP contribution is 2.32. The lowest BCUT2D eigenvalue weighted by molar-refractivity contribution is 0.800. The minimum absolute atomic E-state index is 0.857. The summed E-state index contributed by atoms with van der Waals surface area (Å²) in [7, 11) is 3.17. The maximum Gasteiger partial charge on any atom is 0.151 e. The SMILES string of the molecule is CCCCN(C(=S)SSC(=S)N(CCCC)c1ccccc1)c1ccccc1. The monoisotopic (exact) mass is 448 g/mol. The number of para-hydroxylation sites is 2. The number of anilines is 2. The molecule has 0 aliphatic carbocycles. The molecule has 0 bridgehead atoms. The fourth-order valence-electron chi connectivity index (χ4n) is 2.66. The fourth-order valence-corrected chi connectivity index (χ4v) is 5.35. The van der Waals surface area contributed by atoms with Gasteiger partial charge in [-0.25, -0.2) is 0 Å². The summed E-state index contributed by atoms with van der Waals surface area (Å²) in [6.07, 6.45) is 4.50. The molecule has 0 saturated heterocycles. The molecule has 0 amide bonds. The topological polar surface area (TPSA) is 6.48 Å². The van der Waals surface area contributed by atoms with Gasteiger partial charge in [0.15, 0.2) is 8.64 Å². The van der Waals surface area contributed by atoms with Crippen molar-refractivity contribution >= 4 is 66.0 Å². The quantitative estimate of drug-likeness (QED) is 0.301. The molecule has 0 heterocycles. The molecule has 0 N–H and O–H groups in total. The first kappa shape index (κ1) is 23.2. The number of nitrogens with zero attached hydrogens (tertiary/aromatic N) is 2. The van der Waals surface area contributed by atoms with Gasteiger partial charge < -0.3 is 9.80 Å². The van der Waals surface area contributed by atoms with Crippen LogP contribution in [0.3, 0.4) is 0 Å². The molecule has 2 aromatic carbocycles. The van der Waals surface area contributed by atoms with E-state index in [2.05, 4.69) is 72.2 Å². The van der Waals surface area contributed by atoms with Crippen LogP contribution in [0.4, 0.5) is 11.4 Å². The van der Waals surface area contributed by atoms with E-state index in [1.807, 2.05) is 12.1 Å². The molecule has 0 aliphatic heterocycles. The highest BCUT2D eigenvalue weighted by molar-refractivity contribution is 8.89. The Kier molecular flexibility index (Phi) is 10.9. The van der Waals surface area contributed by atoms with Crippen LogP contribution in [0, 0.1) is 0 Å². The Balaban J connectivity index is 2.03. The Morgan fingerprint density at radius 1 is 0.679 bits per heavy atom. The smallest absolute Gasteiger partial charge is 0.151 e. The van der Waals surface area contributed by atoms with Crippen molar-refractivity contribution < 1.29 is 0 Å². The van der Waals surface area contributed by atoms with Gasteiger partial charge in [-0.3, -0.25) is 0 Å². The number of rotatable bonds is 8. The molecule has 150 valence electrons. The number of hydrogen-bond donors (Lipinski definition) is 0. The number of hydrogen-bond acceptors (Lipinski definition) is 4. The normalized spacial score (nSPS) is 10.5. The van der Waals surface area contributed by atoms with Gasteiger partial charge in [0, 0.05) is 24.5 Å². The van der Waals surface area contributed by atoms with E-state index < -0.39 is 0 Å². The van der Waals surface area contributed by atoms with Gasteiger partial charge in [-0.15, -0.1) is 0 Å². The van der Waals surface area contributed by atoms with Gasteiger partial charge in [-0.05, 0) is 58.7 Å². The van der Waals surface area contributed by atoms with Crippen molar-refractivity contribution in [1.29, 1.82) is 0 Å². The van der Waals surface area contributed by atoms with E-state index in [4.69, 9.17) is 24.4 Å². The summed E-state index contributed by atoms with van der Waals surface area (Å²) in [4.78, 5) is 4.44. The summed E-state index contributed by atoms with van der Waals surface area (Å²) >= 11 is 11.5. The van der Waals surface area contributed by atoms with Gasteiger partial charge in [0.2, 0.25) is 0 Å². The van der Waals surface area contributed by atoms with E-state index in [9.17, 15) is 0 Å². The van der Waals surface area contributed by atoms with Crippen molar-refractivity contribution in [3.8, 4) is 0 Å². The summed E-state index contributed by atoms with van der Waals surface area (Å²) < 4.78 is 1.71. The molecule has 2 rings (SSSR count). The summed E-state index contributed by atoms with van der Waals surface area (Å²) in [5.74, 6) is 0. The summed E-state index contributed by atoms with van der Waals surface area (Å²) in [6, 6.07) is 20.8. The standard InChI is InChI=1S/C22H28N2S4/c1-3-5-17-23(19-13-9-7-10-14-19)21(25)27-28-22(26)24(18-6-4-2)20-15-11-8-12-16-20/h7-16H,3-6,17-18H2,1-2H3. The Morgan fingerprint density at radius 2 is 1.04 bits per heavy atom. The van der Waals surface area contributed by atoms with Gasteiger partial charge in [-0.1, -0.05) is 87.5 Å². The summed E-state index contributed by atoms with van der Waals surface area (Å²) in [6.45, 7) is 6.26. The zero-order valence-corrected chi connectivity index (χ0v) is 19.8. The lowest BCUT2D eigenvalue weighted by atomic mass is 10.2. The Hall–Kier alpha value is -1.08. The maximum atomic E-state index is 5.77. The third-order valence-corrected chi connectivity index (χ3v) is 7.81. The predicted molar refractivity (Wildman–Crippen MR) is 138 cm³/mol. The average Bonchev–Trinajstić information content (AvgIpc) is 2.74. The first-order chi connectivity index (χ1) is 13.7. The molecule has 0 aromatic heterocycles. The second-order valence-electron chi connectivity index (χ2n) is 6.38. The van der Waals surface area contributed by atoms with Crippen LogP contribution in [0.15, 0.2) is 60.7 Å². The second kappa shape index (κ2) is 13.2. The third kappa shape index (κ3) is 7.39. The second-order valence-corrected chi connectivity index (χ2v) is 9.78. The number of thiocarbonyl (C=S) groups is 2. The van der Waals surface area contributed by atoms with E-state index >= 15 is 0 Å². The van der Waals surface area contributed by atoms with Gasteiger partial charge in [0.25, 0.3) is 0 Å². The molecule has 0 unspecified atom stereocenters. The zero-order chi connectivity index (χ0) is 20.2. The van der Waals surface area contributed by atoms with Gasteiger partial charge >= 0.3 is 0 Å². The molecule has 28 heavy (non-hydrogen) atoms. The maximum absolute atomic E-state index is 5.77. The number of unbranched alkanes of at least 4 members (excludes halogenated alkanes) is 2. The van der Waals surface area contributed by atoms with E-state index in [0.29, 0.717) is 0 Å². The predicted octanol–water partition coefficient (Wildman–Crippen LogP) is 7.55. The van der Waals surface area contributed by atoms with Crippen LogP contribution in [0.25, 0.3) is 0 Å². The summed E-state index contributed by atoms with van der Waals surface area (Å²) in [5.41, 5.74) is 2.29. The first-order valence-corrected chi connectivity index (χ1v) is 12.7. The average molecular weight is 449 g/mol. The minimum atomic E-state index is 0.857. The Labute approximate surface area is 188 Å². The van der Waals surface area contributed by atoms with Gasteiger partial charge in [-0.2, -0.15) is 0 Å². The third-order valence-electron chi connectivity index (χ3n) is 4.23. The lowest BCUT2D eigenvalue weighted by Crippen LogP contribution is -2.30. The van der Waals surface area contributed by atoms with Crippen LogP contribution in [-0.4, -0.2) is 21.7 Å². The van der Waals surface area contributed by atoms with Crippen molar-refractivity contribution in [3.63, 3.8) is 0 Å². The molecule has 6 heteroatoms. The molecule has 0 saturated carbocycles. The first-order valence-electron chi connectivity index (χ1n) is 9.75. The van der Waals surface area contributed by atoms with Crippen LogP contribution < -0.4 is 9.80 Å². The molecule has 2 nitrogen and oxygen atoms in total. The van der Waals surface area contributed by atoms with Crippen LogP contribution in [0.5, 0.6) is 0 Å². The molecule has 2 aromatic rings. The van der Waals surface area contributed by atoms with Crippen molar-refractivity contribution in [2.75, 3.05) is 22.9 Å². The van der Waals surface area contributed by atoms with Crippen molar-refractivity contribution in [1.82, 2.24) is 0 Å². The lowest BCUT2D eigenvalue weighted by Gasteiger charge is -2.27. The van der Waals surface area contributed by atoms with E-state index in [1.54, 1.807) is 21.6 Å². The molecule has 0 aliphatic rings. The Morgan fingerprint density at radius 3 is 1.36 bits per heavy atom. The van der Waals surface area contributed by atoms with Gasteiger partial charge in [0.05, 0.1) is 0 Å². The zero-order valence-electron chi connectivity index (χ0n) is 16.5. The molecular weight excluding hydrogens is 421 g/mol. The molecule has 0 radical (unpaired) electrons. The van der Waals surface area contributed by atoms with Crippen LogP contribution in [0.1, 0.15) is 39.5 Å². The highest BCUT2D eigenvalue weighted by atomic mass is 33.1.